The van der Waals surface area contributed by atoms with Crippen LogP contribution in [0, 0.1) is 0 Å². The molecule has 0 N–H and O–H groups in total. The summed E-state index contributed by atoms with van der Waals surface area (Å²) in [6, 6.07) is 1.94. The van der Waals surface area contributed by atoms with E-state index in [-0.39, 0.29) is 0 Å². The molecule has 0 amide bonds. The normalized spacial score (nSPS) is 10.7. The lowest BCUT2D eigenvalue weighted by atomic mass is 10.4. The molecule has 0 fully saturated rings. The molecule has 0 bridgehead atoms. The van der Waals surface area contributed by atoms with Gasteiger partial charge >= 0.3 is 0 Å². The standard InChI is InChI=1S/C6H2BrClN2S/c7-5-1-3-4(11-5)2-9-10-6(3)8/h1-2H. The van der Waals surface area contributed by atoms with Crippen molar-refractivity contribution >= 4 is 49.0 Å². The highest BCUT2D eigenvalue weighted by atomic mass is 79.9. The first-order valence-electron chi connectivity index (χ1n) is 2.83. The Kier molecular flexibility index (Phi) is 1.83. The predicted molar refractivity (Wildman–Crippen MR) is 50.1 cm³/mol. The second-order valence-corrected chi connectivity index (χ2v) is 4.78. The molecule has 2 aromatic heterocycles. The van der Waals surface area contributed by atoms with Crippen molar-refractivity contribution in [2.24, 2.45) is 0 Å². The smallest absolute Gasteiger partial charge is 0.156 e. The van der Waals surface area contributed by atoms with E-state index in [1.807, 2.05) is 6.07 Å². The second-order valence-electron chi connectivity index (χ2n) is 1.96. The lowest BCUT2D eigenvalue weighted by Crippen LogP contribution is -1.78. The Labute approximate surface area is 80.3 Å². The number of thiophene rings is 1. The summed E-state index contributed by atoms with van der Waals surface area (Å²) < 4.78 is 2.10. The third kappa shape index (κ3) is 1.26. The summed E-state index contributed by atoms with van der Waals surface area (Å²) in [6.45, 7) is 0. The maximum Gasteiger partial charge on any atom is 0.160 e. The Morgan fingerprint density at radius 3 is 3.09 bits per heavy atom. The first kappa shape index (κ1) is 7.46. The van der Waals surface area contributed by atoms with E-state index in [2.05, 4.69) is 26.1 Å². The molecule has 0 unspecified atom stereocenters. The zero-order valence-corrected chi connectivity index (χ0v) is 8.37. The molecule has 11 heavy (non-hydrogen) atoms. The highest BCUT2D eigenvalue weighted by Gasteiger charge is 2.03. The maximum atomic E-state index is 5.78. The first-order valence-corrected chi connectivity index (χ1v) is 4.82. The van der Waals surface area contributed by atoms with Crippen molar-refractivity contribution in [1.82, 2.24) is 10.2 Å². The van der Waals surface area contributed by atoms with E-state index >= 15 is 0 Å². The molecule has 0 saturated heterocycles. The minimum absolute atomic E-state index is 0.462. The van der Waals surface area contributed by atoms with Crippen LogP contribution >= 0.6 is 38.9 Å². The molecule has 0 aliphatic heterocycles. The summed E-state index contributed by atoms with van der Waals surface area (Å²) in [5.74, 6) is 0. The Morgan fingerprint density at radius 2 is 2.36 bits per heavy atom. The first-order chi connectivity index (χ1) is 5.27. The van der Waals surface area contributed by atoms with Crippen LogP contribution in [0.5, 0.6) is 0 Å². The van der Waals surface area contributed by atoms with Crippen molar-refractivity contribution in [2.45, 2.75) is 0 Å². The SMILES string of the molecule is Clc1nncc2sc(Br)cc12. The van der Waals surface area contributed by atoms with Crippen molar-refractivity contribution in [1.29, 1.82) is 0 Å². The van der Waals surface area contributed by atoms with Crippen LogP contribution in [-0.4, -0.2) is 10.2 Å². The average molecular weight is 250 g/mol. The molecule has 2 aromatic rings. The molecule has 0 aliphatic carbocycles. The van der Waals surface area contributed by atoms with E-state index < -0.39 is 0 Å². The summed E-state index contributed by atoms with van der Waals surface area (Å²) >= 11 is 10.7. The van der Waals surface area contributed by atoms with Crippen LogP contribution in [0.25, 0.3) is 10.1 Å². The fourth-order valence-electron chi connectivity index (χ4n) is 0.817. The molecular formula is C6H2BrClN2S. The van der Waals surface area contributed by atoms with Crippen LogP contribution in [0.3, 0.4) is 0 Å². The summed E-state index contributed by atoms with van der Waals surface area (Å²) in [6.07, 6.45) is 1.70. The molecule has 56 valence electrons. The zero-order valence-electron chi connectivity index (χ0n) is 5.21. The van der Waals surface area contributed by atoms with Gasteiger partial charge in [-0.1, -0.05) is 11.6 Å². The quantitative estimate of drug-likeness (QED) is 0.717. The van der Waals surface area contributed by atoms with Crippen molar-refractivity contribution in [2.75, 3.05) is 0 Å². The average Bonchev–Trinajstić information content (AvgIpc) is 2.31. The Hall–Kier alpha value is -0.190. The second kappa shape index (κ2) is 2.69. The minimum atomic E-state index is 0.462. The molecule has 0 saturated carbocycles. The molecule has 2 heterocycles. The third-order valence-electron chi connectivity index (χ3n) is 1.27. The molecular weight excluding hydrogens is 248 g/mol. The largest absolute Gasteiger partial charge is 0.160 e. The van der Waals surface area contributed by atoms with Gasteiger partial charge in [0.05, 0.1) is 14.7 Å². The van der Waals surface area contributed by atoms with Crippen molar-refractivity contribution in [3.8, 4) is 0 Å². The van der Waals surface area contributed by atoms with E-state index in [0.29, 0.717) is 5.15 Å². The number of halogens is 2. The molecule has 0 atom stereocenters. The Bertz CT molecular complexity index is 400. The zero-order chi connectivity index (χ0) is 7.84. The number of fused-ring (bicyclic) bond motifs is 1. The van der Waals surface area contributed by atoms with Crippen molar-refractivity contribution in [3.05, 3.63) is 21.2 Å². The van der Waals surface area contributed by atoms with Crippen LogP contribution in [0.1, 0.15) is 0 Å². The highest BCUT2D eigenvalue weighted by molar-refractivity contribution is 9.11. The van der Waals surface area contributed by atoms with Gasteiger partial charge in [-0.05, 0) is 22.0 Å². The van der Waals surface area contributed by atoms with Crippen LogP contribution in [0.15, 0.2) is 16.0 Å². The van der Waals surface area contributed by atoms with Crippen LogP contribution in [0.4, 0.5) is 0 Å². The van der Waals surface area contributed by atoms with Gasteiger partial charge in [0.2, 0.25) is 0 Å². The third-order valence-corrected chi connectivity index (χ3v) is 3.13. The maximum absolute atomic E-state index is 5.78. The van der Waals surface area contributed by atoms with E-state index in [1.165, 1.54) is 0 Å². The van der Waals surface area contributed by atoms with Crippen LogP contribution in [0.2, 0.25) is 5.15 Å². The fraction of sp³-hybridized carbons (Fsp3) is 0. The highest BCUT2D eigenvalue weighted by Crippen LogP contribution is 2.31. The summed E-state index contributed by atoms with van der Waals surface area (Å²) in [5, 5.41) is 8.87. The van der Waals surface area contributed by atoms with Gasteiger partial charge in [-0.25, -0.2) is 0 Å². The number of nitrogens with zero attached hydrogens (tertiary/aromatic N) is 2. The molecule has 2 nitrogen and oxygen atoms in total. The Balaban J connectivity index is 2.90. The molecule has 0 spiro atoms. The summed E-state index contributed by atoms with van der Waals surface area (Å²) in [4.78, 5) is 0. The van der Waals surface area contributed by atoms with Gasteiger partial charge in [0.15, 0.2) is 5.15 Å². The van der Waals surface area contributed by atoms with Gasteiger partial charge < -0.3 is 0 Å². The number of rotatable bonds is 0. The van der Waals surface area contributed by atoms with Gasteiger partial charge in [0, 0.05) is 5.39 Å². The lowest BCUT2D eigenvalue weighted by molar-refractivity contribution is 1.05. The number of aromatic nitrogens is 2. The summed E-state index contributed by atoms with van der Waals surface area (Å²) in [7, 11) is 0. The van der Waals surface area contributed by atoms with E-state index in [1.54, 1.807) is 17.5 Å². The minimum Gasteiger partial charge on any atom is -0.156 e. The van der Waals surface area contributed by atoms with Crippen molar-refractivity contribution < 1.29 is 0 Å². The van der Waals surface area contributed by atoms with Crippen molar-refractivity contribution in [3.63, 3.8) is 0 Å². The van der Waals surface area contributed by atoms with Gasteiger partial charge in [-0.3, -0.25) is 0 Å². The molecule has 0 aliphatic rings. The molecule has 5 heteroatoms. The lowest BCUT2D eigenvalue weighted by Gasteiger charge is -1.87. The van der Waals surface area contributed by atoms with Crippen LogP contribution < -0.4 is 0 Å². The van der Waals surface area contributed by atoms with Crippen LogP contribution in [-0.2, 0) is 0 Å². The van der Waals surface area contributed by atoms with Gasteiger partial charge in [0.1, 0.15) is 0 Å². The van der Waals surface area contributed by atoms with E-state index in [0.717, 1.165) is 13.9 Å². The van der Waals surface area contributed by atoms with Gasteiger partial charge in [-0.15, -0.1) is 16.4 Å². The predicted octanol–water partition coefficient (Wildman–Crippen LogP) is 3.11. The van der Waals surface area contributed by atoms with Gasteiger partial charge in [-0.2, -0.15) is 5.10 Å². The monoisotopic (exact) mass is 248 g/mol. The Morgan fingerprint density at radius 1 is 1.55 bits per heavy atom. The number of hydrogen-bond acceptors (Lipinski definition) is 3. The number of hydrogen-bond donors (Lipinski definition) is 0. The van der Waals surface area contributed by atoms with E-state index in [9.17, 15) is 0 Å². The topological polar surface area (TPSA) is 25.8 Å². The van der Waals surface area contributed by atoms with E-state index in [4.69, 9.17) is 11.6 Å². The molecule has 0 radical (unpaired) electrons. The fourth-order valence-corrected chi connectivity index (χ4v) is 2.58. The molecule has 2 rings (SSSR count). The molecule has 0 aromatic carbocycles. The van der Waals surface area contributed by atoms with Gasteiger partial charge in [0.25, 0.3) is 0 Å². The summed E-state index contributed by atoms with van der Waals surface area (Å²) in [5.41, 5.74) is 0.